The zero-order chi connectivity index (χ0) is 20.1. The van der Waals surface area contributed by atoms with Gasteiger partial charge in [0.2, 0.25) is 5.91 Å². The van der Waals surface area contributed by atoms with Gasteiger partial charge in [-0.25, -0.2) is 9.37 Å². The molecule has 3 heterocycles. The van der Waals surface area contributed by atoms with Gasteiger partial charge in [0.1, 0.15) is 16.6 Å². The first-order chi connectivity index (χ1) is 14.2. The van der Waals surface area contributed by atoms with Crippen molar-refractivity contribution in [1.82, 2.24) is 20.1 Å². The van der Waals surface area contributed by atoms with Crippen LogP contribution in [0.1, 0.15) is 10.8 Å². The Morgan fingerprint density at radius 3 is 2.62 bits per heavy atom. The number of hydrogen-bond acceptors (Lipinski definition) is 6. The molecule has 6 nitrogen and oxygen atoms in total. The molecule has 0 saturated carbocycles. The summed E-state index contributed by atoms with van der Waals surface area (Å²) in [7, 11) is 0. The summed E-state index contributed by atoms with van der Waals surface area (Å²) in [5.41, 5.74) is 1.82. The Balaban J connectivity index is 1.21. The monoisotopic (exact) mass is 414 g/mol. The normalized spacial score (nSPS) is 15.5. The summed E-state index contributed by atoms with van der Waals surface area (Å²) in [5.74, 6) is 0.530. The van der Waals surface area contributed by atoms with Crippen molar-refractivity contribution in [2.24, 2.45) is 0 Å². The third-order valence-electron chi connectivity index (χ3n) is 4.92. The first-order valence-corrected chi connectivity index (χ1v) is 10.5. The summed E-state index contributed by atoms with van der Waals surface area (Å²) in [6, 6.07) is 10.1. The van der Waals surface area contributed by atoms with Crippen molar-refractivity contribution in [3.8, 4) is 11.3 Å². The highest BCUT2D eigenvalue weighted by atomic mass is 32.1. The third kappa shape index (κ3) is 5.50. The molecule has 0 radical (unpaired) electrons. The van der Waals surface area contributed by atoms with Crippen molar-refractivity contribution >= 4 is 17.2 Å². The molecule has 3 aromatic rings. The Morgan fingerprint density at radius 1 is 1.14 bits per heavy atom. The number of benzene rings is 1. The quantitative estimate of drug-likeness (QED) is 0.644. The van der Waals surface area contributed by atoms with E-state index < -0.39 is 0 Å². The Kier molecular flexibility index (Phi) is 6.33. The summed E-state index contributed by atoms with van der Waals surface area (Å²) in [6.07, 6.45) is 1.60. The van der Waals surface area contributed by atoms with Crippen LogP contribution < -0.4 is 5.32 Å². The predicted octanol–water partition coefficient (Wildman–Crippen LogP) is 2.98. The third-order valence-corrected chi connectivity index (χ3v) is 5.76. The number of carbonyl (C=O) groups is 1. The van der Waals surface area contributed by atoms with E-state index in [4.69, 9.17) is 4.42 Å². The van der Waals surface area contributed by atoms with Crippen LogP contribution in [0.3, 0.4) is 0 Å². The SMILES string of the molecule is O=C(CN1CCN(Cc2nc(-c3ccc(F)cc3)cs2)CC1)NCc1ccco1. The van der Waals surface area contributed by atoms with Crippen molar-refractivity contribution in [1.29, 1.82) is 0 Å². The number of nitrogens with zero attached hydrogens (tertiary/aromatic N) is 3. The van der Waals surface area contributed by atoms with Crippen molar-refractivity contribution in [3.05, 3.63) is 64.6 Å². The van der Waals surface area contributed by atoms with E-state index in [-0.39, 0.29) is 11.7 Å². The largest absolute Gasteiger partial charge is 0.467 e. The van der Waals surface area contributed by atoms with E-state index in [1.165, 1.54) is 12.1 Å². The fourth-order valence-electron chi connectivity index (χ4n) is 3.29. The van der Waals surface area contributed by atoms with Crippen molar-refractivity contribution in [2.75, 3.05) is 32.7 Å². The number of rotatable bonds is 7. The fourth-order valence-corrected chi connectivity index (χ4v) is 4.14. The van der Waals surface area contributed by atoms with Crippen molar-refractivity contribution < 1.29 is 13.6 Å². The summed E-state index contributed by atoms with van der Waals surface area (Å²) in [4.78, 5) is 21.3. The number of amides is 1. The molecule has 0 bridgehead atoms. The summed E-state index contributed by atoms with van der Waals surface area (Å²) in [5, 5.41) is 5.95. The number of halogens is 1. The molecular weight excluding hydrogens is 391 g/mol. The molecule has 1 aliphatic rings. The van der Waals surface area contributed by atoms with Crippen molar-refractivity contribution in [3.63, 3.8) is 0 Å². The Morgan fingerprint density at radius 2 is 1.90 bits per heavy atom. The van der Waals surface area contributed by atoms with E-state index in [1.807, 2.05) is 17.5 Å². The lowest BCUT2D eigenvalue weighted by atomic mass is 10.2. The lowest BCUT2D eigenvalue weighted by molar-refractivity contribution is -0.122. The Bertz CT molecular complexity index is 919. The number of carbonyl (C=O) groups excluding carboxylic acids is 1. The topological polar surface area (TPSA) is 61.6 Å². The minimum Gasteiger partial charge on any atom is -0.467 e. The molecule has 152 valence electrons. The van der Waals surface area contributed by atoms with Gasteiger partial charge in [0, 0.05) is 37.1 Å². The van der Waals surface area contributed by atoms with Gasteiger partial charge in [0.05, 0.1) is 31.6 Å². The molecule has 1 N–H and O–H groups in total. The molecule has 0 spiro atoms. The molecule has 1 fully saturated rings. The highest BCUT2D eigenvalue weighted by Crippen LogP contribution is 2.23. The maximum absolute atomic E-state index is 13.1. The van der Waals surface area contributed by atoms with Gasteiger partial charge in [-0.15, -0.1) is 11.3 Å². The zero-order valence-electron chi connectivity index (χ0n) is 16.0. The minimum atomic E-state index is -0.239. The van der Waals surface area contributed by atoms with Crippen molar-refractivity contribution in [2.45, 2.75) is 13.1 Å². The summed E-state index contributed by atoms with van der Waals surface area (Å²) in [6.45, 7) is 5.12. The second-order valence-corrected chi connectivity index (χ2v) is 7.98. The van der Waals surface area contributed by atoms with Gasteiger partial charge in [0.15, 0.2) is 0 Å². The number of nitrogens with one attached hydrogen (secondary N) is 1. The van der Waals surface area contributed by atoms with Gasteiger partial charge in [0.25, 0.3) is 0 Å². The van der Waals surface area contributed by atoms with Gasteiger partial charge >= 0.3 is 0 Å². The molecular formula is C21H23FN4O2S. The average Bonchev–Trinajstić information content (AvgIpc) is 3.41. The molecule has 1 aliphatic heterocycles. The maximum Gasteiger partial charge on any atom is 0.234 e. The van der Waals surface area contributed by atoms with Crippen LogP contribution in [0.15, 0.2) is 52.5 Å². The number of piperazine rings is 1. The highest BCUT2D eigenvalue weighted by Gasteiger charge is 2.20. The molecule has 4 rings (SSSR count). The minimum absolute atomic E-state index is 0.0127. The number of hydrogen-bond donors (Lipinski definition) is 1. The van der Waals surface area contributed by atoms with Crippen LogP contribution in [-0.4, -0.2) is 53.4 Å². The number of furan rings is 1. The van der Waals surface area contributed by atoms with E-state index in [9.17, 15) is 9.18 Å². The van der Waals surface area contributed by atoms with E-state index in [0.717, 1.165) is 54.7 Å². The maximum atomic E-state index is 13.1. The van der Waals surface area contributed by atoms with E-state index in [0.29, 0.717) is 13.1 Å². The van der Waals surface area contributed by atoms with Crippen LogP contribution in [0, 0.1) is 5.82 Å². The van der Waals surface area contributed by atoms with Gasteiger partial charge in [-0.2, -0.15) is 0 Å². The van der Waals surface area contributed by atoms with Crippen LogP contribution in [0.25, 0.3) is 11.3 Å². The molecule has 0 atom stereocenters. The second kappa shape index (κ2) is 9.30. The molecule has 2 aromatic heterocycles. The highest BCUT2D eigenvalue weighted by molar-refractivity contribution is 7.09. The molecule has 1 saturated heterocycles. The summed E-state index contributed by atoms with van der Waals surface area (Å²) < 4.78 is 18.3. The standard InChI is InChI=1S/C21H23FN4O2S/c22-17-5-3-16(4-6-17)19-15-29-21(24-19)14-26-9-7-25(8-10-26)13-20(27)23-12-18-2-1-11-28-18/h1-6,11,15H,7-10,12-14H2,(H,23,27). The van der Waals surface area contributed by atoms with Crippen LogP contribution in [0.2, 0.25) is 0 Å². The van der Waals surface area contributed by atoms with Crippen LogP contribution in [-0.2, 0) is 17.9 Å². The predicted molar refractivity (Wildman–Crippen MR) is 110 cm³/mol. The first-order valence-electron chi connectivity index (χ1n) is 9.60. The lowest BCUT2D eigenvalue weighted by Gasteiger charge is -2.33. The van der Waals surface area contributed by atoms with E-state index in [2.05, 4.69) is 20.1 Å². The van der Waals surface area contributed by atoms with Crippen LogP contribution in [0.4, 0.5) is 4.39 Å². The van der Waals surface area contributed by atoms with Gasteiger partial charge in [-0.3, -0.25) is 14.6 Å². The van der Waals surface area contributed by atoms with Gasteiger partial charge in [-0.05, 0) is 36.4 Å². The molecule has 0 unspecified atom stereocenters. The molecule has 1 amide bonds. The van der Waals surface area contributed by atoms with E-state index >= 15 is 0 Å². The second-order valence-electron chi connectivity index (χ2n) is 7.04. The molecule has 8 heteroatoms. The zero-order valence-corrected chi connectivity index (χ0v) is 16.8. The average molecular weight is 415 g/mol. The molecule has 0 aliphatic carbocycles. The molecule has 29 heavy (non-hydrogen) atoms. The smallest absolute Gasteiger partial charge is 0.234 e. The van der Waals surface area contributed by atoms with Crippen LogP contribution >= 0.6 is 11.3 Å². The summed E-state index contributed by atoms with van der Waals surface area (Å²) >= 11 is 1.63. The Hall–Kier alpha value is -2.55. The fraction of sp³-hybridized carbons (Fsp3) is 0.333. The number of aromatic nitrogens is 1. The van der Waals surface area contributed by atoms with Crippen LogP contribution in [0.5, 0.6) is 0 Å². The van der Waals surface area contributed by atoms with Gasteiger partial charge < -0.3 is 9.73 Å². The number of thiazole rings is 1. The lowest BCUT2D eigenvalue weighted by Crippen LogP contribution is -2.49. The first kappa shape index (κ1) is 19.8. The Labute approximate surface area is 173 Å². The molecule has 1 aromatic carbocycles. The van der Waals surface area contributed by atoms with Gasteiger partial charge in [-0.1, -0.05) is 0 Å². The van der Waals surface area contributed by atoms with E-state index in [1.54, 1.807) is 29.7 Å².